The topological polar surface area (TPSA) is 89.6 Å². The van der Waals surface area contributed by atoms with Gasteiger partial charge in [-0.3, -0.25) is 9.59 Å². The van der Waals surface area contributed by atoms with Gasteiger partial charge in [-0.15, -0.1) is 0 Å². The highest BCUT2D eigenvalue weighted by Crippen LogP contribution is 2.20. The maximum atomic E-state index is 12.0. The predicted molar refractivity (Wildman–Crippen MR) is 80.1 cm³/mol. The van der Waals surface area contributed by atoms with E-state index in [2.05, 4.69) is 0 Å². The summed E-state index contributed by atoms with van der Waals surface area (Å²) in [5.74, 6) is -3.57. The van der Waals surface area contributed by atoms with Crippen LogP contribution < -0.4 is 5.73 Å². The van der Waals surface area contributed by atoms with Crippen LogP contribution in [0.3, 0.4) is 0 Å². The smallest absolute Gasteiger partial charge is 0.322 e. The molecule has 0 saturated heterocycles. The van der Waals surface area contributed by atoms with Gasteiger partial charge in [0.2, 0.25) is 0 Å². The Hall–Kier alpha value is -1.59. The maximum Gasteiger partial charge on any atom is 0.322 e. The van der Waals surface area contributed by atoms with E-state index in [0.29, 0.717) is 10.6 Å². The van der Waals surface area contributed by atoms with Gasteiger partial charge in [0.25, 0.3) is 0 Å². The van der Waals surface area contributed by atoms with Crippen molar-refractivity contribution in [1.29, 1.82) is 0 Å². The molecule has 0 aliphatic carbocycles. The number of ether oxygens (including phenoxy) is 1. The summed E-state index contributed by atoms with van der Waals surface area (Å²) in [7, 11) is 0. The third-order valence-corrected chi connectivity index (χ3v) is 3.14. The first-order valence-corrected chi connectivity index (χ1v) is 6.94. The average molecular weight is 314 g/mol. The first-order chi connectivity index (χ1) is 9.61. The van der Waals surface area contributed by atoms with Crippen molar-refractivity contribution in [3.05, 3.63) is 34.9 Å². The van der Waals surface area contributed by atoms with E-state index in [0.717, 1.165) is 0 Å². The second-order valence-electron chi connectivity index (χ2n) is 5.81. The summed E-state index contributed by atoms with van der Waals surface area (Å²) in [5.41, 5.74) is 5.83. The molecule has 3 N–H and O–H groups in total. The molecule has 21 heavy (non-hydrogen) atoms. The van der Waals surface area contributed by atoms with Crippen LogP contribution in [0, 0.1) is 5.92 Å². The summed E-state index contributed by atoms with van der Waals surface area (Å²) in [4.78, 5) is 23.3. The molecule has 116 valence electrons. The van der Waals surface area contributed by atoms with E-state index in [1.165, 1.54) is 0 Å². The number of hydrogen-bond donors (Lipinski definition) is 2. The summed E-state index contributed by atoms with van der Waals surface area (Å²) in [5, 5.41) is 9.73. The van der Waals surface area contributed by atoms with Gasteiger partial charge in [0, 0.05) is 11.1 Å². The van der Waals surface area contributed by atoms with Crippen LogP contribution in [0.1, 0.15) is 26.3 Å². The SMILES string of the molecule is CC(C)(C)OC(=O)[C@@H](C(=O)O)C(N)Cc1ccccc1Cl. The largest absolute Gasteiger partial charge is 0.481 e. The Morgan fingerprint density at radius 2 is 1.90 bits per heavy atom. The molecule has 0 radical (unpaired) electrons. The van der Waals surface area contributed by atoms with Gasteiger partial charge in [-0.05, 0) is 38.8 Å². The molecular weight excluding hydrogens is 294 g/mol. The zero-order valence-corrected chi connectivity index (χ0v) is 13.1. The highest BCUT2D eigenvalue weighted by molar-refractivity contribution is 6.31. The van der Waals surface area contributed by atoms with Crippen LogP contribution in [0.4, 0.5) is 0 Å². The standard InChI is InChI=1S/C15H20ClNO4/c1-15(2,3)21-14(20)12(13(18)19)11(17)8-9-6-4-5-7-10(9)16/h4-7,11-12H,8,17H2,1-3H3,(H,18,19)/t11?,12-/m1/s1. The van der Waals surface area contributed by atoms with Crippen LogP contribution in [0.25, 0.3) is 0 Å². The highest BCUT2D eigenvalue weighted by Gasteiger charge is 2.36. The number of hydrogen-bond acceptors (Lipinski definition) is 4. The number of carboxylic acids is 1. The lowest BCUT2D eigenvalue weighted by atomic mass is 9.94. The fourth-order valence-corrected chi connectivity index (χ4v) is 2.07. The number of carboxylic acid groups (broad SMARTS) is 1. The van der Waals surface area contributed by atoms with E-state index in [1.807, 2.05) is 0 Å². The predicted octanol–water partition coefficient (Wildman–Crippen LogP) is 2.25. The number of carbonyl (C=O) groups is 2. The quantitative estimate of drug-likeness (QED) is 0.643. The Balaban J connectivity index is 2.88. The second kappa shape index (κ2) is 6.91. The number of nitrogens with two attached hydrogens (primary N) is 1. The minimum Gasteiger partial charge on any atom is -0.481 e. The van der Waals surface area contributed by atoms with Gasteiger partial charge >= 0.3 is 11.9 Å². The van der Waals surface area contributed by atoms with Crippen molar-refractivity contribution >= 4 is 23.5 Å². The average Bonchev–Trinajstić information content (AvgIpc) is 2.29. The van der Waals surface area contributed by atoms with E-state index in [4.69, 9.17) is 22.1 Å². The molecule has 0 fully saturated rings. The molecule has 1 rings (SSSR count). The van der Waals surface area contributed by atoms with E-state index >= 15 is 0 Å². The molecule has 1 aromatic carbocycles. The molecule has 0 aliphatic heterocycles. The second-order valence-corrected chi connectivity index (χ2v) is 6.22. The lowest BCUT2D eigenvalue weighted by Gasteiger charge is -2.25. The van der Waals surface area contributed by atoms with Gasteiger partial charge in [0.05, 0.1) is 0 Å². The zero-order chi connectivity index (χ0) is 16.2. The van der Waals surface area contributed by atoms with Crippen molar-refractivity contribution in [2.24, 2.45) is 11.7 Å². The molecular formula is C15H20ClNO4. The third kappa shape index (κ3) is 5.36. The molecule has 0 amide bonds. The summed E-state index contributed by atoms with van der Waals surface area (Å²) in [6.07, 6.45) is 0.176. The van der Waals surface area contributed by atoms with Gasteiger partial charge in [0.15, 0.2) is 5.92 Å². The van der Waals surface area contributed by atoms with Gasteiger partial charge < -0.3 is 15.6 Å². The molecule has 6 heteroatoms. The number of esters is 1. The zero-order valence-electron chi connectivity index (χ0n) is 12.3. The van der Waals surface area contributed by atoms with Gasteiger partial charge in [0.1, 0.15) is 5.60 Å². The minimum atomic E-state index is -1.43. The first kappa shape index (κ1) is 17.5. The Morgan fingerprint density at radius 3 is 2.38 bits per heavy atom. The van der Waals surface area contributed by atoms with Gasteiger partial charge in [-0.25, -0.2) is 0 Å². The molecule has 0 saturated carbocycles. The third-order valence-electron chi connectivity index (χ3n) is 2.77. The maximum absolute atomic E-state index is 12.0. The van der Waals surface area contributed by atoms with Crippen LogP contribution in [-0.4, -0.2) is 28.7 Å². The van der Waals surface area contributed by atoms with E-state index < -0.39 is 29.5 Å². The van der Waals surface area contributed by atoms with Crippen LogP contribution in [-0.2, 0) is 20.7 Å². The lowest BCUT2D eigenvalue weighted by molar-refractivity contribution is -0.167. The van der Waals surface area contributed by atoms with Crippen molar-refractivity contribution in [3.63, 3.8) is 0 Å². The molecule has 0 aromatic heterocycles. The molecule has 0 bridgehead atoms. The molecule has 1 unspecified atom stereocenters. The number of aliphatic carboxylic acids is 1. The van der Waals surface area contributed by atoms with Crippen molar-refractivity contribution < 1.29 is 19.4 Å². The highest BCUT2D eigenvalue weighted by atomic mass is 35.5. The van der Waals surface area contributed by atoms with Gasteiger partial charge in [-0.1, -0.05) is 29.8 Å². The normalized spacial score (nSPS) is 14.3. The minimum absolute atomic E-state index is 0.176. The Bertz CT molecular complexity index is 525. The van der Waals surface area contributed by atoms with Crippen molar-refractivity contribution in [2.45, 2.75) is 38.8 Å². The van der Waals surface area contributed by atoms with Crippen LogP contribution in [0.15, 0.2) is 24.3 Å². The number of carbonyl (C=O) groups excluding carboxylic acids is 1. The summed E-state index contributed by atoms with van der Waals surface area (Å²) in [6, 6.07) is 6.05. The summed E-state index contributed by atoms with van der Waals surface area (Å²) >= 11 is 6.02. The Morgan fingerprint density at radius 1 is 1.33 bits per heavy atom. The summed E-state index contributed by atoms with van der Waals surface area (Å²) < 4.78 is 5.12. The van der Waals surface area contributed by atoms with Crippen molar-refractivity contribution in [1.82, 2.24) is 0 Å². The number of benzene rings is 1. The molecule has 0 spiro atoms. The lowest BCUT2D eigenvalue weighted by Crippen LogP contribution is -2.45. The molecule has 0 heterocycles. The van der Waals surface area contributed by atoms with Gasteiger partial charge in [-0.2, -0.15) is 0 Å². The number of rotatable bonds is 5. The molecule has 1 aromatic rings. The first-order valence-electron chi connectivity index (χ1n) is 6.56. The van der Waals surface area contributed by atoms with E-state index in [-0.39, 0.29) is 6.42 Å². The molecule has 5 nitrogen and oxygen atoms in total. The Labute approximate surface area is 129 Å². The van der Waals surface area contributed by atoms with E-state index in [1.54, 1.807) is 45.0 Å². The van der Waals surface area contributed by atoms with Crippen LogP contribution in [0.2, 0.25) is 5.02 Å². The van der Waals surface area contributed by atoms with Crippen LogP contribution in [0.5, 0.6) is 0 Å². The Kier molecular flexibility index (Phi) is 5.75. The molecule has 2 atom stereocenters. The monoisotopic (exact) mass is 313 g/mol. The van der Waals surface area contributed by atoms with Crippen molar-refractivity contribution in [3.8, 4) is 0 Å². The van der Waals surface area contributed by atoms with E-state index in [9.17, 15) is 14.7 Å². The van der Waals surface area contributed by atoms with Crippen molar-refractivity contribution in [2.75, 3.05) is 0 Å². The fourth-order valence-electron chi connectivity index (χ4n) is 1.86. The fraction of sp³-hybridized carbons (Fsp3) is 0.467. The summed E-state index contributed by atoms with van der Waals surface area (Å²) in [6.45, 7) is 5.01. The molecule has 0 aliphatic rings. The van der Waals surface area contributed by atoms with Crippen LogP contribution >= 0.6 is 11.6 Å². The number of halogens is 1.